The highest BCUT2D eigenvalue weighted by atomic mass is 16.6. The van der Waals surface area contributed by atoms with Gasteiger partial charge in [-0.05, 0) is 36.0 Å². The van der Waals surface area contributed by atoms with E-state index in [1.807, 2.05) is 30.9 Å². The van der Waals surface area contributed by atoms with Crippen LogP contribution in [0, 0.1) is 5.92 Å². The molecule has 0 N–H and O–H groups in total. The van der Waals surface area contributed by atoms with Crippen LogP contribution in [0.1, 0.15) is 52.0 Å². The predicted octanol–water partition coefficient (Wildman–Crippen LogP) is 3.91. The normalized spacial score (nSPS) is 14.9. The zero-order valence-electron chi connectivity index (χ0n) is 17.6. The standard InChI is InChI=1S/C22H34N2O4/c1-17(2)16-28-22(26)24-12-5-11-23(13-14-24)21(25)10-15-27-20-8-6-19(7-9-20)18(3)4/h6-9,17-18H,5,10-16H2,1-4H3. The van der Waals surface area contributed by atoms with E-state index in [2.05, 4.69) is 26.0 Å². The summed E-state index contributed by atoms with van der Waals surface area (Å²) in [6.07, 6.45) is 0.820. The molecular weight excluding hydrogens is 356 g/mol. The third-order valence-corrected chi connectivity index (χ3v) is 4.78. The lowest BCUT2D eigenvalue weighted by molar-refractivity contribution is -0.131. The van der Waals surface area contributed by atoms with E-state index in [1.165, 1.54) is 5.56 Å². The summed E-state index contributed by atoms with van der Waals surface area (Å²) in [4.78, 5) is 28.1. The minimum absolute atomic E-state index is 0.0659. The third kappa shape index (κ3) is 7.06. The van der Waals surface area contributed by atoms with Crippen molar-refractivity contribution in [3.8, 4) is 5.75 Å². The molecule has 1 saturated heterocycles. The molecule has 1 heterocycles. The third-order valence-electron chi connectivity index (χ3n) is 4.78. The molecule has 1 aliphatic rings. The number of hydrogen-bond acceptors (Lipinski definition) is 4. The summed E-state index contributed by atoms with van der Waals surface area (Å²) < 4.78 is 11.0. The number of carbonyl (C=O) groups excluding carboxylic acids is 2. The van der Waals surface area contributed by atoms with Crippen LogP contribution in [0.5, 0.6) is 5.75 Å². The Kier molecular flexibility index (Phi) is 8.61. The predicted molar refractivity (Wildman–Crippen MR) is 110 cm³/mol. The molecule has 0 saturated carbocycles. The second-order valence-electron chi connectivity index (χ2n) is 8.01. The van der Waals surface area contributed by atoms with Crippen molar-refractivity contribution in [3.63, 3.8) is 0 Å². The Bertz CT molecular complexity index is 628. The lowest BCUT2D eigenvalue weighted by Gasteiger charge is -2.22. The highest BCUT2D eigenvalue weighted by Crippen LogP contribution is 2.18. The molecule has 6 nitrogen and oxygen atoms in total. The van der Waals surface area contributed by atoms with Crippen LogP contribution < -0.4 is 4.74 Å². The van der Waals surface area contributed by atoms with E-state index in [-0.39, 0.29) is 12.0 Å². The molecule has 1 aliphatic heterocycles. The Hall–Kier alpha value is -2.24. The first-order valence-corrected chi connectivity index (χ1v) is 10.3. The average molecular weight is 391 g/mol. The van der Waals surface area contributed by atoms with Crippen molar-refractivity contribution in [1.29, 1.82) is 0 Å². The lowest BCUT2D eigenvalue weighted by atomic mass is 10.0. The zero-order valence-corrected chi connectivity index (χ0v) is 17.6. The first kappa shape index (κ1) is 22.1. The fraction of sp³-hybridized carbons (Fsp3) is 0.636. The Morgan fingerprint density at radius 1 is 0.964 bits per heavy atom. The summed E-state index contributed by atoms with van der Waals surface area (Å²) in [6.45, 7) is 11.5. The van der Waals surface area contributed by atoms with Crippen LogP contribution in [-0.4, -0.2) is 61.2 Å². The van der Waals surface area contributed by atoms with Crippen LogP contribution in [0.25, 0.3) is 0 Å². The molecule has 28 heavy (non-hydrogen) atoms. The van der Waals surface area contributed by atoms with Gasteiger partial charge in [-0.25, -0.2) is 4.79 Å². The maximum atomic E-state index is 12.5. The molecule has 156 valence electrons. The summed E-state index contributed by atoms with van der Waals surface area (Å²) in [5.41, 5.74) is 1.27. The van der Waals surface area contributed by atoms with Crippen molar-refractivity contribution in [2.45, 2.75) is 46.5 Å². The van der Waals surface area contributed by atoms with Crippen LogP contribution in [0.2, 0.25) is 0 Å². The first-order chi connectivity index (χ1) is 13.4. The van der Waals surface area contributed by atoms with Crippen molar-refractivity contribution in [2.75, 3.05) is 39.4 Å². The van der Waals surface area contributed by atoms with Gasteiger partial charge in [0, 0.05) is 26.2 Å². The quantitative estimate of drug-likeness (QED) is 0.708. The molecule has 2 amide bonds. The largest absolute Gasteiger partial charge is 0.493 e. The van der Waals surface area contributed by atoms with Crippen molar-refractivity contribution in [2.24, 2.45) is 5.92 Å². The van der Waals surface area contributed by atoms with E-state index in [9.17, 15) is 9.59 Å². The Balaban J connectivity index is 1.73. The van der Waals surface area contributed by atoms with Crippen molar-refractivity contribution in [3.05, 3.63) is 29.8 Å². The molecule has 0 bridgehead atoms. The number of nitrogens with zero attached hydrogens (tertiary/aromatic N) is 2. The van der Waals surface area contributed by atoms with Crippen LogP contribution >= 0.6 is 0 Å². The van der Waals surface area contributed by atoms with Gasteiger partial charge < -0.3 is 19.3 Å². The van der Waals surface area contributed by atoms with E-state index in [1.54, 1.807) is 4.90 Å². The van der Waals surface area contributed by atoms with Gasteiger partial charge >= 0.3 is 6.09 Å². The van der Waals surface area contributed by atoms with Gasteiger partial charge in [0.2, 0.25) is 5.91 Å². The van der Waals surface area contributed by atoms with Crippen molar-refractivity contribution >= 4 is 12.0 Å². The Morgan fingerprint density at radius 3 is 2.25 bits per heavy atom. The number of benzene rings is 1. The number of rotatable bonds is 7. The van der Waals surface area contributed by atoms with Gasteiger partial charge in [0.05, 0.1) is 19.6 Å². The number of hydrogen-bond donors (Lipinski definition) is 0. The van der Waals surface area contributed by atoms with Crippen LogP contribution in [0.3, 0.4) is 0 Å². The summed E-state index contributed by atoms with van der Waals surface area (Å²) >= 11 is 0. The maximum absolute atomic E-state index is 12.5. The molecule has 1 fully saturated rings. The SMILES string of the molecule is CC(C)COC(=O)N1CCCN(C(=O)CCOc2ccc(C(C)C)cc2)CC1. The highest BCUT2D eigenvalue weighted by Gasteiger charge is 2.22. The van der Waals surface area contributed by atoms with Crippen molar-refractivity contribution < 1.29 is 19.1 Å². The second kappa shape index (κ2) is 10.9. The van der Waals surface area contributed by atoms with E-state index in [4.69, 9.17) is 9.47 Å². The first-order valence-electron chi connectivity index (χ1n) is 10.3. The molecule has 1 aromatic carbocycles. The van der Waals surface area contributed by atoms with Gasteiger partial charge in [-0.3, -0.25) is 4.79 Å². The van der Waals surface area contributed by atoms with Gasteiger partial charge in [-0.1, -0.05) is 39.8 Å². The fourth-order valence-electron chi connectivity index (χ4n) is 3.04. The number of ether oxygens (including phenoxy) is 2. The van der Waals surface area contributed by atoms with Gasteiger partial charge in [0.25, 0.3) is 0 Å². The van der Waals surface area contributed by atoms with Gasteiger partial charge in [-0.2, -0.15) is 0 Å². The van der Waals surface area contributed by atoms with Crippen LogP contribution in [0.4, 0.5) is 4.79 Å². The average Bonchev–Trinajstić information content (AvgIpc) is 2.92. The number of carbonyl (C=O) groups is 2. The van der Waals surface area contributed by atoms with Crippen LogP contribution in [-0.2, 0) is 9.53 Å². The molecule has 2 rings (SSSR count). The number of amides is 2. The molecular formula is C22H34N2O4. The topological polar surface area (TPSA) is 59.1 Å². The summed E-state index contributed by atoms with van der Waals surface area (Å²) in [5, 5.41) is 0. The molecule has 0 spiro atoms. The molecule has 6 heteroatoms. The Labute approximate surface area is 168 Å². The molecule has 0 atom stereocenters. The van der Waals surface area contributed by atoms with Gasteiger partial charge in [-0.15, -0.1) is 0 Å². The van der Waals surface area contributed by atoms with E-state index in [0.29, 0.717) is 57.6 Å². The van der Waals surface area contributed by atoms with Gasteiger partial charge in [0.1, 0.15) is 5.75 Å². The molecule has 1 aromatic rings. The van der Waals surface area contributed by atoms with E-state index < -0.39 is 0 Å². The van der Waals surface area contributed by atoms with E-state index in [0.717, 1.165) is 12.2 Å². The van der Waals surface area contributed by atoms with Gasteiger partial charge in [0.15, 0.2) is 0 Å². The van der Waals surface area contributed by atoms with Crippen molar-refractivity contribution in [1.82, 2.24) is 9.80 Å². The zero-order chi connectivity index (χ0) is 20.5. The summed E-state index contributed by atoms with van der Waals surface area (Å²) in [5.74, 6) is 1.65. The maximum Gasteiger partial charge on any atom is 0.409 e. The molecule has 0 aliphatic carbocycles. The summed E-state index contributed by atoms with van der Waals surface area (Å²) in [7, 11) is 0. The fourth-order valence-corrected chi connectivity index (χ4v) is 3.04. The molecule has 0 radical (unpaired) electrons. The minimum Gasteiger partial charge on any atom is -0.493 e. The monoisotopic (exact) mass is 390 g/mol. The minimum atomic E-state index is -0.281. The lowest BCUT2D eigenvalue weighted by Crippen LogP contribution is -2.38. The highest BCUT2D eigenvalue weighted by molar-refractivity contribution is 5.76. The second-order valence-corrected chi connectivity index (χ2v) is 8.01. The molecule has 0 aromatic heterocycles. The molecule has 0 unspecified atom stereocenters. The van der Waals surface area contributed by atoms with Crippen LogP contribution in [0.15, 0.2) is 24.3 Å². The summed E-state index contributed by atoms with van der Waals surface area (Å²) in [6, 6.07) is 8.02. The Morgan fingerprint density at radius 2 is 1.61 bits per heavy atom. The smallest absolute Gasteiger partial charge is 0.409 e. The van der Waals surface area contributed by atoms with E-state index >= 15 is 0 Å².